The molecule has 3 aliphatic rings. The standard InChI is InChI=1S/C45H38N2O2/c1-24-12-10-16-34-36-22-33-23-37(35-17-11-13-25(2)39(35)41(33)38(24)34)45(49)47-43-28(5)20-32(21-29(43)6)40(30-14-8-7-9-15-30)31-18-26(3)42(27(4)19-31)46-44(36)48/h7-23,40H,1-6H3,(H,46,48)(H,47,49). The lowest BCUT2D eigenvalue weighted by atomic mass is 9.82. The summed E-state index contributed by atoms with van der Waals surface area (Å²) in [5, 5.41) is 12.4. The molecule has 2 amide bonds. The molecule has 4 heteroatoms. The lowest BCUT2D eigenvalue weighted by Gasteiger charge is -2.24. The van der Waals surface area contributed by atoms with Crippen molar-refractivity contribution in [3.8, 4) is 0 Å². The van der Waals surface area contributed by atoms with E-state index in [9.17, 15) is 9.59 Å². The second-order valence-electron chi connectivity index (χ2n) is 13.8. The maximum Gasteiger partial charge on any atom is 0.256 e. The Morgan fingerprint density at radius 1 is 0.429 bits per heavy atom. The molecule has 4 nitrogen and oxygen atoms in total. The van der Waals surface area contributed by atoms with Gasteiger partial charge in [0.25, 0.3) is 11.8 Å². The summed E-state index contributed by atoms with van der Waals surface area (Å²) in [6.07, 6.45) is 0. The van der Waals surface area contributed by atoms with Crippen LogP contribution in [0.3, 0.4) is 0 Å². The van der Waals surface area contributed by atoms with E-state index in [2.05, 4.69) is 113 Å². The average molecular weight is 639 g/mol. The quantitative estimate of drug-likeness (QED) is 0.176. The number of amides is 2. The number of carbonyl (C=O) groups is 2. The van der Waals surface area contributed by atoms with E-state index < -0.39 is 0 Å². The number of hydrogen-bond donors (Lipinski definition) is 2. The highest BCUT2D eigenvalue weighted by molar-refractivity contribution is 6.30. The molecular formula is C45H38N2O2. The number of fused-ring (bicyclic) bond motifs is 6. The smallest absolute Gasteiger partial charge is 0.256 e. The topological polar surface area (TPSA) is 58.2 Å². The number of benzene rings is 7. The van der Waals surface area contributed by atoms with Crippen LogP contribution in [0.25, 0.3) is 32.3 Å². The van der Waals surface area contributed by atoms with Gasteiger partial charge < -0.3 is 10.6 Å². The molecular weight excluding hydrogens is 601 g/mol. The monoisotopic (exact) mass is 638 g/mol. The third-order valence-corrected chi connectivity index (χ3v) is 10.4. The first-order chi connectivity index (χ1) is 23.6. The summed E-state index contributed by atoms with van der Waals surface area (Å²) in [4.78, 5) is 28.8. The molecule has 0 unspecified atom stereocenters. The number of hydrogen-bond acceptors (Lipinski definition) is 2. The summed E-state index contributed by atoms with van der Waals surface area (Å²) in [6.45, 7) is 12.5. The highest BCUT2D eigenvalue weighted by Gasteiger charge is 2.25. The van der Waals surface area contributed by atoms with E-state index in [4.69, 9.17) is 0 Å². The number of nitrogens with one attached hydrogen (secondary N) is 2. The predicted octanol–water partition coefficient (Wildman–Crippen LogP) is 11.0. The summed E-state index contributed by atoms with van der Waals surface area (Å²) in [5.74, 6) is -0.384. The molecule has 7 aromatic carbocycles. The van der Waals surface area contributed by atoms with Crippen LogP contribution in [-0.2, 0) is 0 Å². The highest BCUT2D eigenvalue weighted by atomic mass is 16.2. The van der Waals surface area contributed by atoms with Gasteiger partial charge in [0.2, 0.25) is 0 Å². The molecule has 0 atom stereocenters. The van der Waals surface area contributed by atoms with Gasteiger partial charge in [0.1, 0.15) is 0 Å². The SMILES string of the molecule is Cc1cc2cc(C)c1NC(=O)c1cc3cc(c4cccc(C)c4c3c3c(C)cccc13)C(=O)Nc1c(C)cc(cc1C)C2c1ccccc1. The Balaban J connectivity index is 1.48. The fourth-order valence-electron chi connectivity index (χ4n) is 8.20. The van der Waals surface area contributed by atoms with Crippen molar-refractivity contribution in [1.29, 1.82) is 0 Å². The van der Waals surface area contributed by atoms with Gasteiger partial charge in [-0.1, -0.05) is 91.0 Å². The third kappa shape index (κ3) is 4.90. The van der Waals surface area contributed by atoms with Crippen LogP contribution < -0.4 is 10.6 Å². The Hall–Kier alpha value is -5.74. The Kier molecular flexibility index (Phi) is 7.15. The first-order valence-corrected chi connectivity index (χ1v) is 16.9. The average Bonchev–Trinajstić information content (AvgIpc) is 3.07. The lowest BCUT2D eigenvalue weighted by molar-refractivity contribution is 0.102. The lowest BCUT2D eigenvalue weighted by Crippen LogP contribution is -2.17. The van der Waals surface area contributed by atoms with Gasteiger partial charge in [0.05, 0.1) is 0 Å². The van der Waals surface area contributed by atoms with Gasteiger partial charge in [-0.3, -0.25) is 9.59 Å². The van der Waals surface area contributed by atoms with Crippen molar-refractivity contribution in [1.82, 2.24) is 0 Å². The van der Waals surface area contributed by atoms with Gasteiger partial charge in [-0.05, 0) is 136 Å². The van der Waals surface area contributed by atoms with Crippen LogP contribution in [0.15, 0.2) is 103 Å². The Bertz CT molecular complexity index is 2350. The molecule has 0 spiro atoms. The summed E-state index contributed by atoms with van der Waals surface area (Å²) in [5.41, 5.74) is 12.5. The van der Waals surface area contributed by atoms with Crippen molar-refractivity contribution in [2.75, 3.05) is 10.6 Å². The first-order valence-electron chi connectivity index (χ1n) is 16.9. The molecule has 0 aliphatic carbocycles. The Morgan fingerprint density at radius 2 is 0.857 bits per heavy atom. The van der Waals surface area contributed by atoms with Crippen LogP contribution >= 0.6 is 0 Å². The molecule has 0 saturated heterocycles. The largest absolute Gasteiger partial charge is 0.321 e. The molecule has 0 aromatic heterocycles. The number of rotatable bonds is 1. The van der Waals surface area contributed by atoms with Crippen LogP contribution in [-0.4, -0.2) is 11.8 Å². The second kappa shape index (κ2) is 11.5. The summed E-state index contributed by atoms with van der Waals surface area (Å²) in [6, 6.07) is 35.6. The number of aryl methyl sites for hydroxylation is 6. The highest BCUT2D eigenvalue weighted by Crippen LogP contribution is 2.41. The van der Waals surface area contributed by atoms with E-state index in [0.717, 1.165) is 88.2 Å². The van der Waals surface area contributed by atoms with E-state index in [1.807, 2.05) is 42.5 Å². The molecule has 7 aromatic rings. The van der Waals surface area contributed by atoms with E-state index in [1.54, 1.807) is 0 Å². The Labute approximate surface area is 286 Å². The van der Waals surface area contributed by atoms with Crippen molar-refractivity contribution in [3.05, 3.63) is 164 Å². The van der Waals surface area contributed by atoms with Crippen LogP contribution in [0.1, 0.15) is 76.7 Å². The van der Waals surface area contributed by atoms with E-state index in [0.29, 0.717) is 11.1 Å². The third-order valence-electron chi connectivity index (χ3n) is 10.4. The molecule has 10 rings (SSSR count). The first kappa shape index (κ1) is 30.6. The van der Waals surface area contributed by atoms with Crippen molar-refractivity contribution in [2.45, 2.75) is 47.5 Å². The minimum Gasteiger partial charge on any atom is -0.321 e. The normalized spacial score (nSPS) is 13.4. The predicted molar refractivity (Wildman–Crippen MR) is 204 cm³/mol. The molecule has 240 valence electrons. The van der Waals surface area contributed by atoms with Gasteiger partial charge in [-0.15, -0.1) is 0 Å². The van der Waals surface area contributed by atoms with Gasteiger partial charge in [-0.25, -0.2) is 0 Å². The van der Waals surface area contributed by atoms with E-state index >= 15 is 0 Å². The summed E-state index contributed by atoms with van der Waals surface area (Å²) in [7, 11) is 0. The van der Waals surface area contributed by atoms with Gasteiger partial charge in [0, 0.05) is 28.4 Å². The molecule has 3 aliphatic heterocycles. The van der Waals surface area contributed by atoms with Gasteiger partial charge in [0.15, 0.2) is 0 Å². The van der Waals surface area contributed by atoms with Crippen LogP contribution in [0.2, 0.25) is 0 Å². The molecule has 0 saturated carbocycles. The molecule has 7 bridgehead atoms. The fourth-order valence-corrected chi connectivity index (χ4v) is 8.20. The summed E-state index contributed by atoms with van der Waals surface area (Å²) < 4.78 is 0. The van der Waals surface area contributed by atoms with Crippen molar-refractivity contribution in [3.63, 3.8) is 0 Å². The van der Waals surface area contributed by atoms with Crippen LogP contribution in [0, 0.1) is 41.5 Å². The van der Waals surface area contributed by atoms with Crippen molar-refractivity contribution < 1.29 is 9.59 Å². The number of anilines is 2. The second-order valence-corrected chi connectivity index (χ2v) is 13.8. The maximum absolute atomic E-state index is 14.4. The zero-order valence-electron chi connectivity index (χ0n) is 28.7. The van der Waals surface area contributed by atoms with Gasteiger partial charge in [-0.2, -0.15) is 0 Å². The minimum atomic E-state index is -0.172. The van der Waals surface area contributed by atoms with E-state index in [1.165, 1.54) is 5.56 Å². The van der Waals surface area contributed by atoms with Crippen LogP contribution in [0.4, 0.5) is 11.4 Å². The molecule has 0 radical (unpaired) electrons. The molecule has 0 fully saturated rings. The van der Waals surface area contributed by atoms with Crippen molar-refractivity contribution in [2.24, 2.45) is 0 Å². The molecule has 3 heterocycles. The molecule has 2 N–H and O–H groups in total. The van der Waals surface area contributed by atoms with Crippen LogP contribution in [0.5, 0.6) is 0 Å². The number of carbonyl (C=O) groups excluding carboxylic acids is 2. The maximum atomic E-state index is 14.4. The van der Waals surface area contributed by atoms with E-state index in [-0.39, 0.29) is 17.7 Å². The minimum absolute atomic E-state index is 0.0395. The van der Waals surface area contributed by atoms with Gasteiger partial charge >= 0.3 is 0 Å². The fraction of sp³-hybridized carbons (Fsp3) is 0.156. The molecule has 49 heavy (non-hydrogen) atoms. The zero-order valence-corrected chi connectivity index (χ0v) is 28.7. The zero-order chi connectivity index (χ0) is 34.1. The Morgan fingerprint density at radius 3 is 1.29 bits per heavy atom. The summed E-state index contributed by atoms with van der Waals surface area (Å²) >= 11 is 0. The van der Waals surface area contributed by atoms with Crippen molar-refractivity contribution >= 4 is 55.5 Å².